The minimum atomic E-state index is -0.507. The van der Waals surface area contributed by atoms with Crippen LogP contribution in [0.2, 0.25) is 0 Å². The molecule has 1 fully saturated rings. The van der Waals surface area contributed by atoms with Crippen LogP contribution in [0.25, 0.3) is 10.9 Å². The van der Waals surface area contributed by atoms with Crippen molar-refractivity contribution in [1.29, 1.82) is 0 Å². The molecule has 0 N–H and O–H groups in total. The van der Waals surface area contributed by atoms with Crippen molar-refractivity contribution >= 4 is 28.6 Å². The summed E-state index contributed by atoms with van der Waals surface area (Å²) in [7, 11) is 1.30. The molecule has 3 heterocycles. The summed E-state index contributed by atoms with van der Waals surface area (Å²) >= 11 is 1.31. The number of thioether (sulfide) groups is 1. The largest absolute Gasteiger partial charge is 0.467 e. The third-order valence-electron chi connectivity index (χ3n) is 5.86. The maximum absolute atomic E-state index is 14.2. The van der Waals surface area contributed by atoms with Gasteiger partial charge in [-0.2, -0.15) is 0 Å². The number of ether oxygens (including phenoxy) is 4. The minimum absolute atomic E-state index is 0.0759. The summed E-state index contributed by atoms with van der Waals surface area (Å²) in [5, 5.41) is 0.860. The molecule has 1 aromatic heterocycles. The van der Waals surface area contributed by atoms with E-state index >= 15 is 0 Å². The molecule has 0 amide bonds. The van der Waals surface area contributed by atoms with Gasteiger partial charge in [0.25, 0.3) is 5.56 Å². The molecule has 3 aromatic rings. The molecule has 1 atom stereocenters. The van der Waals surface area contributed by atoms with Gasteiger partial charge in [-0.25, -0.2) is 14.2 Å². The Labute approximate surface area is 199 Å². The average Bonchev–Trinajstić information content (AvgIpc) is 3.37. The first-order valence-corrected chi connectivity index (χ1v) is 11.9. The minimum Gasteiger partial charge on any atom is -0.467 e. The quantitative estimate of drug-likeness (QED) is 0.296. The molecule has 0 unspecified atom stereocenters. The summed E-state index contributed by atoms with van der Waals surface area (Å²) in [6.45, 7) is 1.41. The van der Waals surface area contributed by atoms with Crippen LogP contribution in [0.4, 0.5) is 4.39 Å². The first kappa shape index (κ1) is 22.8. The van der Waals surface area contributed by atoms with Gasteiger partial charge < -0.3 is 18.9 Å². The van der Waals surface area contributed by atoms with Gasteiger partial charge >= 0.3 is 5.97 Å². The molecule has 0 saturated carbocycles. The number of rotatable bonds is 6. The van der Waals surface area contributed by atoms with Crippen molar-refractivity contribution in [1.82, 2.24) is 9.55 Å². The van der Waals surface area contributed by atoms with E-state index in [-0.39, 0.29) is 30.9 Å². The topological polar surface area (TPSA) is 88.9 Å². The molecule has 178 valence electrons. The van der Waals surface area contributed by atoms with Gasteiger partial charge in [0, 0.05) is 23.5 Å². The molecular weight excluding hydrogens is 463 g/mol. The standard InChI is InChI=1S/C24H23FN2O6S/c1-30-23(29)14-4-5-19-20(9-14)26-24(27(22(19)28)10-18-3-2-6-32-18)34-12-16-8-17(25)7-15-11-31-13-33-21(15)16/h4-5,7-9,18H,2-3,6,10-13H2,1H3/t18-/m1/s1. The summed E-state index contributed by atoms with van der Waals surface area (Å²) < 4.78 is 37.2. The Kier molecular flexibility index (Phi) is 6.53. The number of halogens is 1. The monoisotopic (exact) mass is 486 g/mol. The molecule has 2 aliphatic heterocycles. The number of esters is 1. The lowest BCUT2D eigenvalue weighted by atomic mass is 10.1. The highest BCUT2D eigenvalue weighted by Gasteiger charge is 2.22. The van der Waals surface area contributed by atoms with E-state index in [9.17, 15) is 14.0 Å². The van der Waals surface area contributed by atoms with Crippen LogP contribution in [0.3, 0.4) is 0 Å². The van der Waals surface area contributed by atoms with E-state index in [1.165, 1.54) is 31.0 Å². The second-order valence-corrected chi connectivity index (χ2v) is 9.06. The van der Waals surface area contributed by atoms with Crippen molar-refractivity contribution < 1.29 is 28.1 Å². The van der Waals surface area contributed by atoms with E-state index in [4.69, 9.17) is 23.9 Å². The molecule has 0 radical (unpaired) electrons. The van der Waals surface area contributed by atoms with Crippen molar-refractivity contribution in [3.8, 4) is 5.75 Å². The van der Waals surface area contributed by atoms with Crippen molar-refractivity contribution in [2.75, 3.05) is 20.5 Å². The van der Waals surface area contributed by atoms with Gasteiger partial charge in [0.2, 0.25) is 0 Å². The lowest BCUT2D eigenvalue weighted by Gasteiger charge is -2.21. The molecule has 1 saturated heterocycles. The Morgan fingerprint density at radius 1 is 1.32 bits per heavy atom. The summed E-state index contributed by atoms with van der Waals surface area (Å²) in [4.78, 5) is 30.1. The predicted octanol–water partition coefficient (Wildman–Crippen LogP) is 3.66. The molecule has 8 nitrogen and oxygen atoms in total. The van der Waals surface area contributed by atoms with Gasteiger partial charge in [-0.3, -0.25) is 9.36 Å². The second-order valence-electron chi connectivity index (χ2n) is 8.12. The Morgan fingerprint density at radius 2 is 2.21 bits per heavy atom. The maximum Gasteiger partial charge on any atom is 0.337 e. The fraction of sp³-hybridized carbons (Fsp3) is 0.375. The Bertz CT molecular complexity index is 1300. The molecule has 0 spiro atoms. The van der Waals surface area contributed by atoms with Crippen LogP contribution in [0.1, 0.15) is 34.3 Å². The second kappa shape index (κ2) is 9.73. The van der Waals surface area contributed by atoms with Gasteiger partial charge in [0.1, 0.15) is 11.6 Å². The maximum atomic E-state index is 14.2. The molecular formula is C24H23FN2O6S. The Balaban J connectivity index is 1.54. The number of nitrogens with zero attached hydrogens (tertiary/aromatic N) is 2. The Hall–Kier alpha value is -2.95. The number of aromatic nitrogens is 2. The fourth-order valence-corrected chi connectivity index (χ4v) is 5.19. The van der Waals surface area contributed by atoms with Crippen LogP contribution in [0, 0.1) is 5.82 Å². The van der Waals surface area contributed by atoms with Crippen LogP contribution in [-0.4, -0.2) is 42.1 Å². The number of carbonyl (C=O) groups is 1. The fourth-order valence-electron chi connectivity index (χ4n) is 4.21. The highest BCUT2D eigenvalue weighted by molar-refractivity contribution is 7.98. The Morgan fingerprint density at radius 3 is 3.00 bits per heavy atom. The molecule has 5 rings (SSSR count). The van der Waals surface area contributed by atoms with E-state index in [1.54, 1.807) is 22.8 Å². The molecule has 2 aliphatic rings. The number of benzene rings is 2. The average molecular weight is 487 g/mol. The zero-order valence-corrected chi connectivity index (χ0v) is 19.4. The summed E-state index contributed by atoms with van der Waals surface area (Å²) in [6.07, 6.45) is 1.73. The smallest absolute Gasteiger partial charge is 0.337 e. The van der Waals surface area contributed by atoms with Crippen molar-refractivity contribution in [2.45, 2.75) is 43.0 Å². The number of fused-ring (bicyclic) bond motifs is 2. The summed E-state index contributed by atoms with van der Waals surface area (Å²) in [5.74, 6) is 0.0452. The van der Waals surface area contributed by atoms with E-state index < -0.39 is 5.97 Å². The highest BCUT2D eigenvalue weighted by Crippen LogP contribution is 2.34. The van der Waals surface area contributed by atoms with E-state index in [2.05, 4.69) is 0 Å². The van der Waals surface area contributed by atoms with Gasteiger partial charge in [0.15, 0.2) is 11.9 Å². The van der Waals surface area contributed by atoms with Crippen LogP contribution >= 0.6 is 11.8 Å². The molecule has 34 heavy (non-hydrogen) atoms. The van der Waals surface area contributed by atoms with Crippen LogP contribution < -0.4 is 10.3 Å². The van der Waals surface area contributed by atoms with E-state index in [0.717, 1.165) is 12.8 Å². The lowest BCUT2D eigenvalue weighted by molar-refractivity contribution is -0.0171. The number of hydrogen-bond acceptors (Lipinski definition) is 8. The van der Waals surface area contributed by atoms with Gasteiger partial charge in [0.05, 0.1) is 42.8 Å². The third-order valence-corrected chi connectivity index (χ3v) is 6.89. The normalized spacial score (nSPS) is 17.4. The van der Waals surface area contributed by atoms with E-state index in [1.807, 2.05) is 0 Å². The van der Waals surface area contributed by atoms with Crippen molar-refractivity contribution in [3.63, 3.8) is 0 Å². The lowest BCUT2D eigenvalue weighted by Crippen LogP contribution is -2.29. The first-order chi connectivity index (χ1) is 16.5. The van der Waals surface area contributed by atoms with Crippen molar-refractivity contribution in [2.24, 2.45) is 0 Å². The van der Waals surface area contributed by atoms with Gasteiger partial charge in [-0.05, 0) is 43.2 Å². The number of methoxy groups -OCH3 is 1. The SMILES string of the molecule is COC(=O)c1ccc2c(=O)n(C[C@H]3CCCO3)c(SCc3cc(F)cc4c3OCOC4)nc2c1. The molecule has 2 aromatic carbocycles. The van der Waals surface area contributed by atoms with Crippen LogP contribution in [0.5, 0.6) is 5.75 Å². The summed E-state index contributed by atoms with van der Waals surface area (Å²) in [5.41, 5.74) is 1.79. The highest BCUT2D eigenvalue weighted by atomic mass is 32.2. The zero-order valence-electron chi connectivity index (χ0n) is 18.5. The molecule has 10 heteroatoms. The number of carbonyl (C=O) groups excluding carboxylic acids is 1. The van der Waals surface area contributed by atoms with Crippen molar-refractivity contribution in [3.05, 3.63) is 63.2 Å². The molecule has 0 aliphatic carbocycles. The first-order valence-electron chi connectivity index (χ1n) is 10.9. The van der Waals surface area contributed by atoms with Crippen LogP contribution in [0.15, 0.2) is 40.3 Å². The third kappa shape index (κ3) is 4.53. The zero-order chi connectivity index (χ0) is 23.7. The van der Waals surface area contributed by atoms with Crippen LogP contribution in [-0.2, 0) is 33.1 Å². The number of hydrogen-bond donors (Lipinski definition) is 0. The molecule has 0 bridgehead atoms. The predicted molar refractivity (Wildman–Crippen MR) is 123 cm³/mol. The van der Waals surface area contributed by atoms with E-state index in [0.29, 0.717) is 57.4 Å². The van der Waals surface area contributed by atoms with Gasteiger partial charge in [-0.15, -0.1) is 0 Å². The summed E-state index contributed by atoms with van der Waals surface area (Å²) in [6, 6.07) is 7.52. The van der Waals surface area contributed by atoms with Gasteiger partial charge in [-0.1, -0.05) is 11.8 Å².